The number of hydrogen-bond acceptors (Lipinski definition) is 6. The van der Waals surface area contributed by atoms with Crippen LogP contribution in [0.2, 0.25) is 0 Å². The fraction of sp³-hybridized carbons (Fsp3) is 0.227. The number of rotatable bonds is 8. The van der Waals surface area contributed by atoms with E-state index in [0.29, 0.717) is 30.4 Å². The minimum atomic E-state index is -0.259. The Hall–Kier alpha value is -3.61. The van der Waals surface area contributed by atoms with Gasteiger partial charge in [-0.1, -0.05) is 35.9 Å². The van der Waals surface area contributed by atoms with Crippen LogP contribution in [-0.2, 0) is 13.1 Å². The summed E-state index contributed by atoms with van der Waals surface area (Å²) in [6, 6.07) is 13.7. The lowest BCUT2D eigenvalue weighted by atomic mass is 10.1. The van der Waals surface area contributed by atoms with E-state index in [1.165, 1.54) is 6.20 Å². The van der Waals surface area contributed by atoms with Crippen LogP contribution < -0.4 is 20.1 Å². The molecule has 0 unspecified atom stereocenters. The van der Waals surface area contributed by atoms with Crippen LogP contribution in [0.3, 0.4) is 0 Å². The Morgan fingerprint density at radius 2 is 1.72 bits per heavy atom. The molecular weight excluding hydrogens is 368 g/mol. The van der Waals surface area contributed by atoms with E-state index in [-0.39, 0.29) is 11.6 Å². The molecule has 0 saturated heterocycles. The molecule has 0 radical (unpaired) electrons. The molecule has 0 aliphatic rings. The third kappa shape index (κ3) is 5.44. The van der Waals surface area contributed by atoms with Crippen LogP contribution in [0.15, 0.2) is 54.9 Å². The van der Waals surface area contributed by atoms with Gasteiger partial charge in [-0.15, -0.1) is 0 Å². The van der Waals surface area contributed by atoms with E-state index in [0.717, 1.165) is 16.7 Å². The second-order valence-electron chi connectivity index (χ2n) is 6.50. The average Bonchev–Trinajstić information content (AvgIpc) is 2.76. The van der Waals surface area contributed by atoms with E-state index in [9.17, 15) is 4.79 Å². The Morgan fingerprint density at radius 3 is 2.41 bits per heavy atom. The van der Waals surface area contributed by atoms with Crippen molar-refractivity contribution in [2.45, 2.75) is 20.0 Å². The summed E-state index contributed by atoms with van der Waals surface area (Å²) in [6.45, 7) is 3.00. The highest BCUT2D eigenvalue weighted by molar-refractivity contribution is 5.91. The van der Waals surface area contributed by atoms with Crippen LogP contribution in [0.1, 0.15) is 27.2 Å². The van der Waals surface area contributed by atoms with Gasteiger partial charge in [-0.2, -0.15) is 0 Å². The summed E-state index contributed by atoms with van der Waals surface area (Å²) in [5.41, 5.74) is 3.47. The van der Waals surface area contributed by atoms with E-state index in [1.807, 2.05) is 49.4 Å². The summed E-state index contributed by atoms with van der Waals surface area (Å²) in [6.07, 6.45) is 3.00. The van der Waals surface area contributed by atoms with Crippen molar-refractivity contribution in [3.8, 4) is 11.5 Å². The topological polar surface area (TPSA) is 85.4 Å². The molecule has 3 rings (SSSR count). The van der Waals surface area contributed by atoms with Crippen LogP contribution >= 0.6 is 0 Å². The van der Waals surface area contributed by atoms with E-state index < -0.39 is 0 Å². The second-order valence-corrected chi connectivity index (χ2v) is 6.50. The van der Waals surface area contributed by atoms with E-state index in [2.05, 4.69) is 20.6 Å². The quantitative estimate of drug-likeness (QED) is 0.612. The van der Waals surface area contributed by atoms with E-state index >= 15 is 0 Å². The summed E-state index contributed by atoms with van der Waals surface area (Å²) < 4.78 is 10.5. The Morgan fingerprint density at radius 1 is 0.931 bits per heavy atom. The number of hydrogen-bond donors (Lipinski definition) is 2. The Labute approximate surface area is 170 Å². The number of nitrogens with zero attached hydrogens (tertiary/aromatic N) is 2. The molecule has 1 heterocycles. The van der Waals surface area contributed by atoms with Crippen LogP contribution in [0.4, 0.5) is 5.82 Å². The molecule has 1 amide bonds. The molecule has 2 N–H and O–H groups in total. The molecule has 0 saturated carbocycles. The van der Waals surface area contributed by atoms with Gasteiger partial charge in [0.25, 0.3) is 5.91 Å². The number of ether oxygens (including phenoxy) is 2. The van der Waals surface area contributed by atoms with Gasteiger partial charge in [-0.25, -0.2) is 9.97 Å². The molecule has 0 fully saturated rings. The van der Waals surface area contributed by atoms with E-state index in [4.69, 9.17) is 9.47 Å². The maximum absolute atomic E-state index is 12.3. The highest BCUT2D eigenvalue weighted by Gasteiger charge is 2.09. The molecule has 0 bridgehead atoms. The van der Waals surface area contributed by atoms with Crippen molar-refractivity contribution in [3.63, 3.8) is 0 Å². The van der Waals surface area contributed by atoms with Gasteiger partial charge in [0.2, 0.25) is 0 Å². The van der Waals surface area contributed by atoms with Gasteiger partial charge >= 0.3 is 0 Å². The Bertz CT molecular complexity index is 974. The molecule has 0 aliphatic carbocycles. The van der Waals surface area contributed by atoms with Crippen molar-refractivity contribution in [2.75, 3.05) is 19.5 Å². The SMILES string of the molecule is COc1ccc(CNc2cnc(C(=O)NCc3cccc(C)c3)cn2)cc1OC. The molecule has 0 aliphatic heterocycles. The maximum Gasteiger partial charge on any atom is 0.271 e. The number of carbonyl (C=O) groups is 1. The highest BCUT2D eigenvalue weighted by Crippen LogP contribution is 2.27. The van der Waals surface area contributed by atoms with Crippen molar-refractivity contribution < 1.29 is 14.3 Å². The summed E-state index contributed by atoms with van der Waals surface area (Å²) >= 11 is 0. The minimum absolute atomic E-state index is 0.259. The fourth-order valence-corrected chi connectivity index (χ4v) is 2.81. The number of nitrogens with one attached hydrogen (secondary N) is 2. The van der Waals surface area contributed by atoms with Crippen LogP contribution in [0.5, 0.6) is 11.5 Å². The highest BCUT2D eigenvalue weighted by atomic mass is 16.5. The lowest BCUT2D eigenvalue weighted by molar-refractivity contribution is 0.0945. The normalized spacial score (nSPS) is 10.3. The first-order chi connectivity index (χ1) is 14.1. The molecule has 150 valence electrons. The minimum Gasteiger partial charge on any atom is -0.493 e. The molecule has 7 heteroatoms. The molecule has 2 aromatic carbocycles. The van der Waals surface area contributed by atoms with Crippen molar-refractivity contribution in [1.82, 2.24) is 15.3 Å². The molecule has 1 aromatic heterocycles. The molecule has 7 nitrogen and oxygen atoms in total. The van der Waals surface area contributed by atoms with Gasteiger partial charge in [-0.3, -0.25) is 4.79 Å². The molecule has 29 heavy (non-hydrogen) atoms. The molecule has 3 aromatic rings. The summed E-state index contributed by atoms with van der Waals surface area (Å²) in [7, 11) is 3.20. The van der Waals surface area contributed by atoms with Gasteiger partial charge in [0.15, 0.2) is 11.5 Å². The number of benzene rings is 2. The van der Waals surface area contributed by atoms with Crippen molar-refractivity contribution >= 4 is 11.7 Å². The van der Waals surface area contributed by atoms with Crippen LogP contribution in [0.25, 0.3) is 0 Å². The zero-order valence-electron chi connectivity index (χ0n) is 16.7. The standard InChI is InChI=1S/C22H24N4O3/c1-15-5-4-6-16(9-15)12-26-22(27)18-13-25-21(14-23-18)24-11-17-7-8-19(28-2)20(10-17)29-3/h4-10,13-14H,11-12H2,1-3H3,(H,24,25)(H,26,27). The smallest absolute Gasteiger partial charge is 0.271 e. The maximum atomic E-state index is 12.3. The van der Waals surface area contributed by atoms with Crippen molar-refractivity contribution in [2.24, 2.45) is 0 Å². The number of anilines is 1. The first-order valence-electron chi connectivity index (χ1n) is 9.19. The van der Waals surface area contributed by atoms with Crippen LogP contribution in [-0.4, -0.2) is 30.1 Å². The summed E-state index contributed by atoms with van der Waals surface area (Å²) in [5, 5.41) is 6.03. The largest absolute Gasteiger partial charge is 0.493 e. The third-order valence-electron chi connectivity index (χ3n) is 4.34. The Kier molecular flexibility index (Phi) is 6.63. The fourth-order valence-electron chi connectivity index (χ4n) is 2.81. The monoisotopic (exact) mass is 392 g/mol. The zero-order valence-corrected chi connectivity index (χ0v) is 16.7. The number of carbonyl (C=O) groups excluding carboxylic acids is 1. The number of aromatic nitrogens is 2. The van der Waals surface area contributed by atoms with Gasteiger partial charge in [0, 0.05) is 13.1 Å². The number of aryl methyl sites for hydroxylation is 1. The zero-order chi connectivity index (χ0) is 20.6. The molecule has 0 atom stereocenters. The predicted octanol–water partition coefficient (Wildman–Crippen LogP) is 3.34. The average molecular weight is 392 g/mol. The van der Waals surface area contributed by atoms with Gasteiger partial charge in [0.05, 0.1) is 26.6 Å². The summed E-state index contributed by atoms with van der Waals surface area (Å²) in [5.74, 6) is 1.66. The summed E-state index contributed by atoms with van der Waals surface area (Å²) in [4.78, 5) is 20.7. The lowest BCUT2D eigenvalue weighted by Gasteiger charge is -2.10. The van der Waals surface area contributed by atoms with Gasteiger partial charge in [-0.05, 0) is 30.2 Å². The van der Waals surface area contributed by atoms with Gasteiger partial charge in [0.1, 0.15) is 11.5 Å². The number of methoxy groups -OCH3 is 2. The first kappa shape index (κ1) is 20.1. The third-order valence-corrected chi connectivity index (χ3v) is 4.34. The van der Waals surface area contributed by atoms with Crippen molar-refractivity contribution in [3.05, 3.63) is 77.2 Å². The van der Waals surface area contributed by atoms with E-state index in [1.54, 1.807) is 20.4 Å². The first-order valence-corrected chi connectivity index (χ1v) is 9.19. The van der Waals surface area contributed by atoms with Crippen LogP contribution in [0, 0.1) is 6.92 Å². The lowest BCUT2D eigenvalue weighted by Crippen LogP contribution is -2.24. The molecular formula is C22H24N4O3. The number of amides is 1. The Balaban J connectivity index is 1.55. The van der Waals surface area contributed by atoms with Gasteiger partial charge < -0.3 is 20.1 Å². The molecule has 0 spiro atoms. The van der Waals surface area contributed by atoms with Crippen molar-refractivity contribution in [1.29, 1.82) is 0 Å². The second kappa shape index (κ2) is 9.54. The predicted molar refractivity (Wildman–Crippen MR) is 111 cm³/mol.